The summed E-state index contributed by atoms with van der Waals surface area (Å²) in [6.45, 7) is 2.96. The normalized spacial score (nSPS) is 11.2. The molecule has 1 N–H and O–H groups in total. The summed E-state index contributed by atoms with van der Waals surface area (Å²) in [4.78, 5) is 0. The molecule has 0 amide bonds. The van der Waals surface area contributed by atoms with Gasteiger partial charge < -0.3 is 14.8 Å². The molecule has 0 aliphatic heterocycles. The van der Waals surface area contributed by atoms with Crippen molar-refractivity contribution < 1.29 is 9.47 Å². The fraction of sp³-hybridized carbons (Fsp3) is 0.217. The van der Waals surface area contributed by atoms with Gasteiger partial charge in [0, 0.05) is 0 Å². The van der Waals surface area contributed by atoms with Crippen LogP contribution >= 0.6 is 0 Å². The summed E-state index contributed by atoms with van der Waals surface area (Å²) in [6.07, 6.45) is 0. The number of nitrogens with one attached hydrogen (secondary N) is 1. The topological polar surface area (TPSA) is 30.5 Å². The predicted molar refractivity (Wildman–Crippen MR) is 106 cm³/mol. The van der Waals surface area contributed by atoms with E-state index < -0.39 is 5.54 Å². The van der Waals surface area contributed by atoms with Gasteiger partial charge in [0.05, 0.1) is 19.8 Å². The van der Waals surface area contributed by atoms with Crippen molar-refractivity contribution in [1.82, 2.24) is 5.32 Å². The van der Waals surface area contributed by atoms with Crippen LogP contribution in [0.4, 0.5) is 0 Å². The molecule has 0 spiro atoms. The predicted octanol–water partition coefficient (Wildman–Crippen LogP) is 4.61. The maximum Gasteiger partial charge on any atom is 0.118 e. The fourth-order valence-corrected chi connectivity index (χ4v) is 3.44. The Bertz CT molecular complexity index is 764. The van der Waals surface area contributed by atoms with Crippen LogP contribution in [0.3, 0.4) is 0 Å². The molecule has 0 aromatic heterocycles. The standard InChI is InChI=1S/C23H25NO2/c1-4-24-23(18-8-6-5-7-9-18,19-10-14-21(25-2)15-11-19)20-12-16-22(26-3)17-13-20/h5-17,24H,4H2,1-3H3. The summed E-state index contributed by atoms with van der Waals surface area (Å²) in [5.74, 6) is 1.70. The van der Waals surface area contributed by atoms with E-state index in [4.69, 9.17) is 9.47 Å². The van der Waals surface area contributed by atoms with Gasteiger partial charge in [0.1, 0.15) is 11.5 Å². The minimum Gasteiger partial charge on any atom is -0.497 e. The Hall–Kier alpha value is -2.78. The molecule has 0 heterocycles. The maximum atomic E-state index is 5.35. The zero-order valence-electron chi connectivity index (χ0n) is 15.5. The Balaban J connectivity index is 2.23. The van der Waals surface area contributed by atoms with Crippen molar-refractivity contribution in [2.75, 3.05) is 20.8 Å². The largest absolute Gasteiger partial charge is 0.497 e. The summed E-state index contributed by atoms with van der Waals surface area (Å²) >= 11 is 0. The van der Waals surface area contributed by atoms with Gasteiger partial charge in [-0.25, -0.2) is 0 Å². The number of hydrogen-bond donors (Lipinski definition) is 1. The highest BCUT2D eigenvalue weighted by molar-refractivity contribution is 5.51. The molecule has 3 aromatic carbocycles. The van der Waals surface area contributed by atoms with Crippen LogP contribution in [-0.4, -0.2) is 20.8 Å². The third kappa shape index (κ3) is 3.31. The Morgan fingerprint density at radius 3 is 1.46 bits per heavy atom. The number of benzene rings is 3. The second-order valence-corrected chi connectivity index (χ2v) is 6.10. The molecule has 0 aliphatic rings. The van der Waals surface area contributed by atoms with Gasteiger partial charge in [0.15, 0.2) is 0 Å². The first-order valence-electron chi connectivity index (χ1n) is 8.84. The van der Waals surface area contributed by atoms with E-state index in [0.29, 0.717) is 0 Å². The SMILES string of the molecule is CCNC(c1ccccc1)(c1ccc(OC)cc1)c1ccc(OC)cc1. The monoisotopic (exact) mass is 347 g/mol. The Labute approximate surface area is 155 Å². The number of hydrogen-bond acceptors (Lipinski definition) is 3. The van der Waals surface area contributed by atoms with E-state index in [1.165, 1.54) is 5.56 Å². The lowest BCUT2D eigenvalue weighted by Crippen LogP contribution is -2.44. The lowest BCUT2D eigenvalue weighted by Gasteiger charge is -2.37. The van der Waals surface area contributed by atoms with Crippen molar-refractivity contribution in [2.45, 2.75) is 12.5 Å². The molecule has 0 bridgehead atoms. The zero-order valence-corrected chi connectivity index (χ0v) is 15.5. The quantitative estimate of drug-likeness (QED) is 0.633. The Kier molecular flexibility index (Phi) is 5.59. The highest BCUT2D eigenvalue weighted by atomic mass is 16.5. The number of rotatable bonds is 7. The van der Waals surface area contributed by atoms with Crippen LogP contribution in [0.1, 0.15) is 23.6 Å². The lowest BCUT2D eigenvalue weighted by molar-refractivity contribution is 0.412. The minimum absolute atomic E-state index is 0.450. The van der Waals surface area contributed by atoms with E-state index in [-0.39, 0.29) is 0 Å². The fourth-order valence-electron chi connectivity index (χ4n) is 3.44. The molecule has 134 valence electrons. The summed E-state index contributed by atoms with van der Waals surface area (Å²) in [7, 11) is 3.38. The summed E-state index contributed by atoms with van der Waals surface area (Å²) < 4.78 is 10.7. The maximum absolute atomic E-state index is 5.35. The average Bonchev–Trinajstić information content (AvgIpc) is 2.73. The molecule has 0 saturated heterocycles. The highest BCUT2D eigenvalue weighted by Gasteiger charge is 2.35. The van der Waals surface area contributed by atoms with Crippen molar-refractivity contribution in [3.63, 3.8) is 0 Å². The lowest BCUT2D eigenvalue weighted by atomic mass is 9.77. The van der Waals surface area contributed by atoms with Crippen LogP contribution in [-0.2, 0) is 5.54 Å². The van der Waals surface area contributed by atoms with Crippen molar-refractivity contribution in [2.24, 2.45) is 0 Å². The molecule has 3 heteroatoms. The summed E-state index contributed by atoms with van der Waals surface area (Å²) in [5.41, 5.74) is 3.07. The van der Waals surface area contributed by atoms with Crippen LogP contribution in [0.15, 0.2) is 78.9 Å². The Morgan fingerprint density at radius 1 is 0.654 bits per heavy atom. The van der Waals surface area contributed by atoms with E-state index in [1.807, 2.05) is 30.3 Å². The van der Waals surface area contributed by atoms with Crippen molar-refractivity contribution in [3.05, 3.63) is 95.6 Å². The molecule has 3 rings (SSSR count). The summed E-state index contributed by atoms with van der Waals surface area (Å²) in [5, 5.41) is 3.74. The smallest absolute Gasteiger partial charge is 0.118 e. The van der Waals surface area contributed by atoms with Gasteiger partial charge in [-0.2, -0.15) is 0 Å². The third-order valence-corrected chi connectivity index (χ3v) is 4.69. The van der Waals surface area contributed by atoms with Crippen molar-refractivity contribution in [1.29, 1.82) is 0 Å². The molecule has 0 radical (unpaired) electrons. The molecule has 0 saturated carbocycles. The van der Waals surface area contributed by atoms with Crippen molar-refractivity contribution >= 4 is 0 Å². The van der Waals surface area contributed by atoms with Crippen molar-refractivity contribution in [3.8, 4) is 11.5 Å². The molecule has 0 unspecified atom stereocenters. The molecular weight excluding hydrogens is 322 g/mol. The van der Waals surface area contributed by atoms with Crippen LogP contribution in [0.25, 0.3) is 0 Å². The van der Waals surface area contributed by atoms with Crippen LogP contribution in [0.5, 0.6) is 11.5 Å². The molecule has 26 heavy (non-hydrogen) atoms. The first-order chi connectivity index (χ1) is 12.7. The minimum atomic E-state index is -0.450. The van der Waals surface area contributed by atoms with Gasteiger partial charge in [0.2, 0.25) is 0 Å². The van der Waals surface area contributed by atoms with E-state index in [9.17, 15) is 0 Å². The number of methoxy groups -OCH3 is 2. The van der Waals surface area contributed by atoms with Crippen LogP contribution < -0.4 is 14.8 Å². The van der Waals surface area contributed by atoms with E-state index in [2.05, 4.69) is 60.8 Å². The Morgan fingerprint density at radius 2 is 1.08 bits per heavy atom. The highest BCUT2D eigenvalue weighted by Crippen LogP contribution is 2.38. The van der Waals surface area contributed by atoms with E-state index in [0.717, 1.165) is 29.2 Å². The van der Waals surface area contributed by atoms with Gasteiger partial charge in [-0.15, -0.1) is 0 Å². The second-order valence-electron chi connectivity index (χ2n) is 6.10. The molecule has 0 fully saturated rings. The van der Waals surface area contributed by atoms with Crippen LogP contribution in [0, 0.1) is 0 Å². The number of ether oxygens (including phenoxy) is 2. The third-order valence-electron chi connectivity index (χ3n) is 4.69. The van der Waals surface area contributed by atoms with Gasteiger partial charge in [-0.1, -0.05) is 61.5 Å². The summed E-state index contributed by atoms with van der Waals surface area (Å²) in [6, 6.07) is 27.1. The molecule has 0 atom stereocenters. The zero-order chi connectivity index (χ0) is 18.4. The van der Waals surface area contributed by atoms with Gasteiger partial charge in [-0.3, -0.25) is 0 Å². The van der Waals surface area contributed by atoms with E-state index in [1.54, 1.807) is 14.2 Å². The first kappa shape index (κ1) is 18.0. The molecule has 0 aliphatic carbocycles. The van der Waals surface area contributed by atoms with Crippen LogP contribution in [0.2, 0.25) is 0 Å². The van der Waals surface area contributed by atoms with E-state index >= 15 is 0 Å². The van der Waals surface area contributed by atoms with Gasteiger partial charge in [0.25, 0.3) is 0 Å². The first-order valence-corrected chi connectivity index (χ1v) is 8.84. The van der Waals surface area contributed by atoms with Gasteiger partial charge in [-0.05, 0) is 47.5 Å². The second kappa shape index (κ2) is 8.07. The van der Waals surface area contributed by atoms with Gasteiger partial charge >= 0.3 is 0 Å². The molecule has 3 aromatic rings. The molecule has 3 nitrogen and oxygen atoms in total. The molecular formula is C23H25NO2. The average molecular weight is 347 g/mol.